The molecule has 0 aromatic heterocycles. The molecule has 20 heavy (non-hydrogen) atoms. The molecule has 0 spiro atoms. The summed E-state index contributed by atoms with van der Waals surface area (Å²) in [6, 6.07) is 22.0. The minimum atomic E-state index is 0.703. The van der Waals surface area contributed by atoms with Crippen LogP contribution in [0.5, 0.6) is 0 Å². The van der Waals surface area contributed by atoms with Gasteiger partial charge in [-0.1, -0.05) is 74.5 Å². The first-order valence-electron chi connectivity index (χ1n) is 7.95. The summed E-state index contributed by atoms with van der Waals surface area (Å²) in [5.74, 6) is 1.41. The Labute approximate surface area is 123 Å². The van der Waals surface area contributed by atoms with Gasteiger partial charge in [-0.2, -0.15) is 0 Å². The van der Waals surface area contributed by atoms with Crippen molar-refractivity contribution in [3.63, 3.8) is 0 Å². The minimum Gasteiger partial charge on any atom is -0.0648 e. The first-order chi connectivity index (χ1) is 9.85. The van der Waals surface area contributed by atoms with Crippen LogP contribution in [0.15, 0.2) is 60.7 Å². The molecule has 0 aliphatic heterocycles. The molecule has 0 nitrogen and oxygen atoms in total. The maximum absolute atomic E-state index is 2.31. The van der Waals surface area contributed by atoms with Gasteiger partial charge in [-0.3, -0.25) is 0 Å². The molecular weight excluding hydrogens is 240 g/mol. The van der Waals surface area contributed by atoms with Crippen LogP contribution in [0.2, 0.25) is 0 Å². The molecule has 0 aliphatic carbocycles. The molecule has 0 saturated heterocycles. The summed E-state index contributed by atoms with van der Waals surface area (Å²) in [6.07, 6.45) is 5.03. The van der Waals surface area contributed by atoms with Crippen molar-refractivity contribution in [1.82, 2.24) is 0 Å². The van der Waals surface area contributed by atoms with E-state index in [0.29, 0.717) is 11.8 Å². The molecular formula is C20H26. The standard InChI is InChI=1S/C20H26/c1-3-17(19-11-7-5-8-12-19)15-16-18(4-2)20-13-9-6-10-14-20/h5-14,17-18H,3-4,15-16H2,1-2H3. The highest BCUT2D eigenvalue weighted by Gasteiger charge is 2.14. The Hall–Kier alpha value is -1.56. The van der Waals surface area contributed by atoms with Gasteiger partial charge in [0.15, 0.2) is 0 Å². The van der Waals surface area contributed by atoms with Gasteiger partial charge in [0.05, 0.1) is 0 Å². The van der Waals surface area contributed by atoms with Crippen molar-refractivity contribution in [2.24, 2.45) is 0 Å². The fourth-order valence-electron chi connectivity index (χ4n) is 3.07. The number of hydrogen-bond donors (Lipinski definition) is 0. The molecule has 0 heteroatoms. The second-order valence-corrected chi connectivity index (χ2v) is 5.61. The molecule has 0 amide bonds. The summed E-state index contributed by atoms with van der Waals surface area (Å²) in [7, 11) is 0. The van der Waals surface area contributed by atoms with E-state index in [2.05, 4.69) is 74.5 Å². The highest BCUT2D eigenvalue weighted by molar-refractivity contribution is 5.21. The normalized spacial score (nSPS) is 13.9. The Morgan fingerprint density at radius 2 is 0.950 bits per heavy atom. The van der Waals surface area contributed by atoms with Gasteiger partial charge in [0, 0.05) is 0 Å². The van der Waals surface area contributed by atoms with Crippen molar-refractivity contribution in [2.45, 2.75) is 51.4 Å². The molecule has 2 unspecified atom stereocenters. The average Bonchev–Trinajstić information content (AvgIpc) is 2.53. The molecule has 0 N–H and O–H groups in total. The van der Waals surface area contributed by atoms with E-state index in [1.54, 1.807) is 0 Å². The summed E-state index contributed by atoms with van der Waals surface area (Å²) >= 11 is 0. The fourth-order valence-corrected chi connectivity index (χ4v) is 3.07. The van der Waals surface area contributed by atoms with E-state index in [9.17, 15) is 0 Å². The molecule has 2 rings (SSSR count). The maximum Gasteiger partial charge on any atom is -0.0164 e. The van der Waals surface area contributed by atoms with Crippen molar-refractivity contribution in [1.29, 1.82) is 0 Å². The molecule has 0 radical (unpaired) electrons. The van der Waals surface area contributed by atoms with E-state index < -0.39 is 0 Å². The van der Waals surface area contributed by atoms with Crippen LogP contribution in [-0.4, -0.2) is 0 Å². The molecule has 0 fully saturated rings. The Balaban J connectivity index is 1.99. The monoisotopic (exact) mass is 266 g/mol. The van der Waals surface area contributed by atoms with Crippen molar-refractivity contribution >= 4 is 0 Å². The van der Waals surface area contributed by atoms with E-state index in [1.165, 1.54) is 36.8 Å². The van der Waals surface area contributed by atoms with Gasteiger partial charge in [-0.25, -0.2) is 0 Å². The molecule has 0 bridgehead atoms. The molecule has 2 aromatic carbocycles. The molecule has 2 aromatic rings. The first kappa shape index (κ1) is 14.8. The van der Waals surface area contributed by atoms with Crippen LogP contribution in [0.1, 0.15) is 62.5 Å². The average molecular weight is 266 g/mol. The third-order valence-corrected chi connectivity index (χ3v) is 4.39. The van der Waals surface area contributed by atoms with Gasteiger partial charge < -0.3 is 0 Å². The van der Waals surface area contributed by atoms with Gasteiger partial charge >= 0.3 is 0 Å². The predicted octanol–water partition coefficient (Wildman–Crippen LogP) is 6.15. The Bertz CT molecular complexity index is 424. The second kappa shape index (κ2) is 7.89. The topological polar surface area (TPSA) is 0 Å². The van der Waals surface area contributed by atoms with Crippen LogP contribution in [0.25, 0.3) is 0 Å². The largest absolute Gasteiger partial charge is 0.0648 e. The zero-order valence-corrected chi connectivity index (χ0v) is 12.8. The lowest BCUT2D eigenvalue weighted by Crippen LogP contribution is -2.03. The van der Waals surface area contributed by atoms with E-state index in [0.717, 1.165) is 0 Å². The predicted molar refractivity (Wildman–Crippen MR) is 88.2 cm³/mol. The summed E-state index contributed by atoms with van der Waals surface area (Å²) in [6.45, 7) is 4.61. The van der Waals surface area contributed by atoms with Gasteiger partial charge in [-0.05, 0) is 48.6 Å². The van der Waals surface area contributed by atoms with E-state index >= 15 is 0 Å². The smallest absolute Gasteiger partial charge is 0.0164 e. The van der Waals surface area contributed by atoms with Gasteiger partial charge in [0.1, 0.15) is 0 Å². The molecule has 0 heterocycles. The Morgan fingerprint density at radius 3 is 1.25 bits per heavy atom. The lowest BCUT2D eigenvalue weighted by molar-refractivity contribution is 0.508. The zero-order chi connectivity index (χ0) is 14.2. The number of rotatable bonds is 7. The van der Waals surface area contributed by atoms with Crippen molar-refractivity contribution in [3.8, 4) is 0 Å². The van der Waals surface area contributed by atoms with E-state index in [1.807, 2.05) is 0 Å². The highest BCUT2D eigenvalue weighted by Crippen LogP contribution is 2.31. The van der Waals surface area contributed by atoms with Gasteiger partial charge in [-0.15, -0.1) is 0 Å². The SMILES string of the molecule is CCC(CCC(CC)c1ccccc1)c1ccccc1. The fraction of sp³-hybridized carbons (Fsp3) is 0.400. The summed E-state index contributed by atoms with van der Waals surface area (Å²) in [5.41, 5.74) is 3.00. The van der Waals surface area contributed by atoms with E-state index in [4.69, 9.17) is 0 Å². The highest BCUT2D eigenvalue weighted by atomic mass is 14.2. The number of benzene rings is 2. The van der Waals surface area contributed by atoms with Crippen LogP contribution in [0.4, 0.5) is 0 Å². The van der Waals surface area contributed by atoms with Crippen LogP contribution in [-0.2, 0) is 0 Å². The molecule has 0 aliphatic rings. The molecule has 106 valence electrons. The number of hydrogen-bond acceptors (Lipinski definition) is 0. The third kappa shape index (κ3) is 3.96. The quantitative estimate of drug-likeness (QED) is 0.563. The zero-order valence-electron chi connectivity index (χ0n) is 12.8. The lowest BCUT2D eigenvalue weighted by atomic mass is 9.85. The Kier molecular flexibility index (Phi) is 5.86. The van der Waals surface area contributed by atoms with Crippen molar-refractivity contribution < 1.29 is 0 Å². The van der Waals surface area contributed by atoms with Gasteiger partial charge in [0.2, 0.25) is 0 Å². The van der Waals surface area contributed by atoms with Crippen LogP contribution in [0, 0.1) is 0 Å². The van der Waals surface area contributed by atoms with E-state index in [-0.39, 0.29) is 0 Å². The molecule has 0 saturated carbocycles. The summed E-state index contributed by atoms with van der Waals surface area (Å²) in [4.78, 5) is 0. The van der Waals surface area contributed by atoms with Crippen LogP contribution >= 0.6 is 0 Å². The van der Waals surface area contributed by atoms with Gasteiger partial charge in [0.25, 0.3) is 0 Å². The second-order valence-electron chi connectivity index (χ2n) is 5.61. The van der Waals surface area contributed by atoms with Crippen LogP contribution < -0.4 is 0 Å². The lowest BCUT2D eigenvalue weighted by Gasteiger charge is -2.20. The molecule has 2 atom stereocenters. The summed E-state index contributed by atoms with van der Waals surface area (Å²) in [5, 5.41) is 0. The van der Waals surface area contributed by atoms with Crippen molar-refractivity contribution in [3.05, 3.63) is 71.8 Å². The summed E-state index contributed by atoms with van der Waals surface area (Å²) < 4.78 is 0. The Morgan fingerprint density at radius 1 is 0.600 bits per heavy atom. The maximum atomic E-state index is 2.31. The minimum absolute atomic E-state index is 0.703. The first-order valence-corrected chi connectivity index (χ1v) is 7.95. The van der Waals surface area contributed by atoms with Crippen molar-refractivity contribution in [2.75, 3.05) is 0 Å². The third-order valence-electron chi connectivity index (χ3n) is 4.39. The van der Waals surface area contributed by atoms with Crippen LogP contribution in [0.3, 0.4) is 0 Å².